The van der Waals surface area contributed by atoms with Crippen molar-refractivity contribution in [1.82, 2.24) is 5.32 Å². The number of hydrogen-bond donors (Lipinski definition) is 2. The van der Waals surface area contributed by atoms with Crippen LogP contribution in [0.2, 0.25) is 0 Å². The summed E-state index contributed by atoms with van der Waals surface area (Å²) in [5.41, 5.74) is 1.21. The molecule has 1 amide bonds. The fraction of sp³-hybridized carbons (Fsp3) is 0.300. The molecule has 0 atom stereocenters. The van der Waals surface area contributed by atoms with Gasteiger partial charge in [-0.05, 0) is 45.4 Å². The zero-order valence-corrected chi connectivity index (χ0v) is 14.8. The zero-order valence-electron chi connectivity index (χ0n) is 14.8. The lowest BCUT2D eigenvalue weighted by molar-refractivity contribution is -0.121. The molecule has 0 unspecified atom stereocenters. The highest BCUT2D eigenvalue weighted by Gasteiger charge is 2.25. The molecular weight excluding hydrogens is 318 g/mol. The van der Waals surface area contributed by atoms with Gasteiger partial charge in [-0.25, -0.2) is 0 Å². The first-order chi connectivity index (χ1) is 11.7. The minimum absolute atomic E-state index is 0.0446. The average molecular weight is 339 g/mol. The number of aromatic hydroxyl groups is 1. The van der Waals surface area contributed by atoms with Gasteiger partial charge in [0.05, 0.1) is 6.42 Å². The molecule has 5 nitrogen and oxygen atoms in total. The quantitative estimate of drug-likeness (QED) is 0.702. The van der Waals surface area contributed by atoms with Crippen molar-refractivity contribution < 1.29 is 14.3 Å². The Morgan fingerprint density at radius 1 is 1.24 bits per heavy atom. The third-order valence-corrected chi connectivity index (χ3v) is 4.08. The van der Waals surface area contributed by atoms with Crippen LogP contribution in [0.5, 0.6) is 5.75 Å². The summed E-state index contributed by atoms with van der Waals surface area (Å²) in [6.45, 7) is 7.31. The number of fused-ring (bicyclic) bond motifs is 2. The Bertz CT molecular complexity index is 995. The maximum Gasteiger partial charge on any atom is 0.227 e. The number of benzene rings is 2. The van der Waals surface area contributed by atoms with Crippen molar-refractivity contribution in [3.63, 3.8) is 0 Å². The molecule has 2 N–H and O–H groups in total. The van der Waals surface area contributed by atoms with Crippen molar-refractivity contribution in [3.8, 4) is 17.1 Å². The molecule has 1 aromatic carbocycles. The summed E-state index contributed by atoms with van der Waals surface area (Å²) in [4.78, 5) is 24.7. The molecule has 25 heavy (non-hydrogen) atoms. The highest BCUT2D eigenvalue weighted by molar-refractivity contribution is 5.89. The number of amides is 1. The van der Waals surface area contributed by atoms with Crippen LogP contribution in [0, 0.1) is 6.92 Å². The van der Waals surface area contributed by atoms with Crippen LogP contribution in [0.4, 0.5) is 0 Å². The van der Waals surface area contributed by atoms with Crippen LogP contribution in [-0.4, -0.2) is 16.6 Å². The second-order valence-corrected chi connectivity index (χ2v) is 7.28. The number of phenolic OH excluding ortho intramolecular Hbond substituents is 1. The van der Waals surface area contributed by atoms with Crippen LogP contribution < -0.4 is 10.7 Å². The average Bonchev–Trinajstić information content (AvgIpc) is 2.54. The van der Waals surface area contributed by atoms with E-state index in [2.05, 4.69) is 5.32 Å². The van der Waals surface area contributed by atoms with Gasteiger partial charge in [0.1, 0.15) is 5.58 Å². The van der Waals surface area contributed by atoms with E-state index < -0.39 is 11.2 Å². The Morgan fingerprint density at radius 3 is 2.60 bits per heavy atom. The summed E-state index contributed by atoms with van der Waals surface area (Å²) < 4.78 is 5.75. The van der Waals surface area contributed by atoms with Gasteiger partial charge >= 0.3 is 0 Å². The van der Waals surface area contributed by atoms with Crippen LogP contribution in [0.25, 0.3) is 22.3 Å². The molecule has 130 valence electrons. The fourth-order valence-corrected chi connectivity index (χ4v) is 2.95. The lowest BCUT2D eigenvalue weighted by Crippen LogP contribution is -2.41. The third-order valence-electron chi connectivity index (χ3n) is 4.08. The minimum atomic E-state index is -0.509. The number of phenols is 1. The largest absolute Gasteiger partial charge is 0.502 e. The molecule has 0 radical (unpaired) electrons. The first kappa shape index (κ1) is 17.0. The lowest BCUT2D eigenvalue weighted by atomic mass is 9.93. The molecular formula is C20H21NO4. The number of nitrogens with one attached hydrogen (secondary N) is 1. The summed E-state index contributed by atoms with van der Waals surface area (Å²) in [6, 6.07) is 9.20. The lowest BCUT2D eigenvalue weighted by Gasteiger charge is -2.22. The number of rotatable bonds is 2. The Kier molecular flexibility index (Phi) is 4.03. The SMILES string of the molecule is Cc1c(CC(=O)NC(C)(C)C)c2cc3ccccc3oc-2c(O)c1=O. The van der Waals surface area contributed by atoms with Crippen LogP contribution in [0.1, 0.15) is 31.9 Å². The summed E-state index contributed by atoms with van der Waals surface area (Å²) >= 11 is 0. The molecule has 0 bridgehead atoms. The Balaban J connectivity index is 2.22. The second-order valence-electron chi connectivity index (χ2n) is 7.28. The van der Waals surface area contributed by atoms with E-state index in [0.717, 1.165) is 5.39 Å². The Hall–Kier alpha value is -2.82. The molecule has 2 aliphatic rings. The van der Waals surface area contributed by atoms with Crippen LogP contribution in [0.3, 0.4) is 0 Å². The van der Waals surface area contributed by atoms with Crippen molar-refractivity contribution in [2.45, 2.75) is 39.7 Å². The highest BCUT2D eigenvalue weighted by atomic mass is 16.4. The summed E-state index contributed by atoms with van der Waals surface area (Å²) in [5.74, 6) is -0.485. The van der Waals surface area contributed by atoms with Crippen molar-refractivity contribution >= 4 is 16.9 Å². The van der Waals surface area contributed by atoms with Crippen molar-refractivity contribution in [2.75, 3.05) is 0 Å². The number of hydrogen-bond acceptors (Lipinski definition) is 4. The van der Waals surface area contributed by atoms with Crippen LogP contribution in [-0.2, 0) is 11.2 Å². The molecule has 1 aliphatic carbocycles. The molecule has 5 heteroatoms. The standard InChI is InChI=1S/C20H21NO4/c1-11-13(10-16(22)21-20(2,3)4)14-9-12-7-5-6-8-15(12)25-19(14)18(24)17(11)23/h5-9,24H,10H2,1-4H3,(H,21,22). The normalized spacial score (nSPS) is 11.8. The predicted molar refractivity (Wildman–Crippen MR) is 97.1 cm³/mol. The summed E-state index contributed by atoms with van der Waals surface area (Å²) in [5, 5.41) is 14.0. The molecule has 3 rings (SSSR count). The first-order valence-electron chi connectivity index (χ1n) is 8.15. The molecule has 1 aliphatic heterocycles. The maximum atomic E-state index is 12.4. The first-order valence-corrected chi connectivity index (χ1v) is 8.15. The van der Waals surface area contributed by atoms with Crippen molar-refractivity contribution in [2.24, 2.45) is 0 Å². The smallest absolute Gasteiger partial charge is 0.227 e. The fourth-order valence-electron chi connectivity index (χ4n) is 2.95. The maximum absolute atomic E-state index is 12.4. The number of carbonyl (C=O) groups excluding carboxylic acids is 1. The number of para-hydroxylation sites is 1. The van der Waals surface area contributed by atoms with Crippen LogP contribution in [0.15, 0.2) is 39.5 Å². The van der Waals surface area contributed by atoms with E-state index in [0.29, 0.717) is 22.3 Å². The monoisotopic (exact) mass is 339 g/mol. The molecule has 0 saturated heterocycles. The van der Waals surface area contributed by atoms with E-state index in [9.17, 15) is 14.7 Å². The molecule has 1 heterocycles. The Morgan fingerprint density at radius 2 is 1.92 bits per heavy atom. The van der Waals surface area contributed by atoms with Gasteiger partial charge < -0.3 is 14.8 Å². The number of carbonyl (C=O) groups is 1. The van der Waals surface area contributed by atoms with E-state index in [1.54, 1.807) is 13.0 Å². The van der Waals surface area contributed by atoms with E-state index in [1.807, 2.05) is 45.0 Å². The van der Waals surface area contributed by atoms with Gasteiger partial charge in [0.15, 0.2) is 5.76 Å². The van der Waals surface area contributed by atoms with Gasteiger partial charge in [-0.1, -0.05) is 18.2 Å². The molecule has 0 spiro atoms. The van der Waals surface area contributed by atoms with Crippen LogP contribution >= 0.6 is 0 Å². The predicted octanol–water partition coefficient (Wildman–Crippen LogP) is 3.37. The molecule has 1 aromatic rings. The van der Waals surface area contributed by atoms with Gasteiger partial charge in [0.2, 0.25) is 17.1 Å². The van der Waals surface area contributed by atoms with E-state index >= 15 is 0 Å². The summed E-state index contributed by atoms with van der Waals surface area (Å²) in [7, 11) is 0. The van der Waals surface area contributed by atoms with E-state index in [-0.39, 0.29) is 23.6 Å². The van der Waals surface area contributed by atoms with Gasteiger partial charge in [-0.2, -0.15) is 0 Å². The molecule has 0 saturated carbocycles. The van der Waals surface area contributed by atoms with Crippen molar-refractivity contribution in [1.29, 1.82) is 0 Å². The second kappa shape index (κ2) is 5.92. The van der Waals surface area contributed by atoms with E-state index in [4.69, 9.17) is 4.42 Å². The molecule has 0 aromatic heterocycles. The minimum Gasteiger partial charge on any atom is -0.502 e. The Labute approximate surface area is 145 Å². The summed E-state index contributed by atoms with van der Waals surface area (Å²) in [6.07, 6.45) is 0.0446. The van der Waals surface area contributed by atoms with Gasteiger partial charge in [-0.3, -0.25) is 9.59 Å². The topological polar surface area (TPSA) is 79.5 Å². The highest BCUT2D eigenvalue weighted by Crippen LogP contribution is 2.36. The zero-order chi connectivity index (χ0) is 18.4. The van der Waals surface area contributed by atoms with Crippen molar-refractivity contribution in [3.05, 3.63) is 51.7 Å². The van der Waals surface area contributed by atoms with Gasteiger partial charge in [0.25, 0.3) is 0 Å². The molecule has 0 fully saturated rings. The third kappa shape index (κ3) is 3.22. The van der Waals surface area contributed by atoms with Gasteiger partial charge in [0, 0.05) is 22.1 Å². The van der Waals surface area contributed by atoms with E-state index in [1.165, 1.54) is 0 Å². The van der Waals surface area contributed by atoms with Gasteiger partial charge in [-0.15, -0.1) is 0 Å².